The number of amides is 1. The third-order valence-electron chi connectivity index (χ3n) is 1.75. The highest BCUT2D eigenvalue weighted by Crippen LogP contribution is 2.27. The summed E-state index contributed by atoms with van der Waals surface area (Å²) in [5.41, 5.74) is 6.20. The second-order valence-electron chi connectivity index (χ2n) is 2.77. The Morgan fingerprint density at radius 2 is 1.86 bits per heavy atom. The number of carbonyl (C=O) groups excluding carboxylic acids is 1. The first-order valence-corrected chi connectivity index (χ1v) is 6.39. The van der Waals surface area contributed by atoms with Crippen molar-refractivity contribution in [1.29, 1.82) is 0 Å². The summed E-state index contributed by atoms with van der Waals surface area (Å²) in [7, 11) is 0. The van der Waals surface area contributed by atoms with Gasteiger partial charge in [0.25, 0.3) is 0 Å². The highest BCUT2D eigenvalue weighted by molar-refractivity contribution is 9.11. The van der Waals surface area contributed by atoms with Gasteiger partial charge < -0.3 is 5.73 Å². The van der Waals surface area contributed by atoms with Crippen molar-refractivity contribution in [1.82, 2.24) is 0 Å². The summed E-state index contributed by atoms with van der Waals surface area (Å²) < 4.78 is 1.94. The Kier molecular flexibility index (Phi) is 4.60. The van der Waals surface area contributed by atoms with Gasteiger partial charge in [-0.2, -0.15) is 0 Å². The lowest BCUT2D eigenvalue weighted by molar-refractivity contribution is -0.117. The minimum absolute atomic E-state index is 0.336. The molecule has 0 bridgehead atoms. The van der Waals surface area contributed by atoms with Crippen LogP contribution >= 0.6 is 47.8 Å². The van der Waals surface area contributed by atoms with Crippen LogP contribution in [0.2, 0.25) is 0 Å². The number of alkyl halides is 1. The van der Waals surface area contributed by atoms with E-state index in [1.165, 1.54) is 0 Å². The molecule has 1 rings (SSSR count). The molecule has 2 N–H and O–H groups in total. The van der Waals surface area contributed by atoms with Crippen molar-refractivity contribution in [2.45, 2.75) is 11.2 Å². The van der Waals surface area contributed by atoms with E-state index in [0.717, 1.165) is 14.5 Å². The zero-order valence-electron chi connectivity index (χ0n) is 7.14. The Balaban J connectivity index is 2.91. The lowest BCUT2D eigenvalue weighted by Crippen LogP contribution is -2.25. The summed E-state index contributed by atoms with van der Waals surface area (Å²) in [4.78, 5) is 10.5. The normalized spacial score (nSPS) is 12.5. The molecule has 0 spiro atoms. The molecule has 14 heavy (non-hydrogen) atoms. The van der Waals surface area contributed by atoms with Crippen LogP contribution in [0, 0.1) is 0 Å². The molecule has 0 aliphatic rings. The number of rotatable bonds is 3. The van der Waals surface area contributed by atoms with E-state index in [0.29, 0.717) is 6.42 Å². The van der Waals surface area contributed by atoms with Crippen LogP contribution in [-0.4, -0.2) is 10.7 Å². The first-order valence-electron chi connectivity index (χ1n) is 3.88. The molecule has 2 nitrogen and oxygen atoms in total. The lowest BCUT2D eigenvalue weighted by atomic mass is 10.1. The highest BCUT2D eigenvalue weighted by atomic mass is 79.9. The van der Waals surface area contributed by atoms with Crippen molar-refractivity contribution in [2.24, 2.45) is 5.73 Å². The summed E-state index contributed by atoms with van der Waals surface area (Å²) in [6.45, 7) is 0. The van der Waals surface area contributed by atoms with Crippen molar-refractivity contribution in [3.63, 3.8) is 0 Å². The number of hydrogen-bond donors (Lipinski definition) is 1. The maximum atomic E-state index is 10.9. The molecule has 0 aromatic heterocycles. The van der Waals surface area contributed by atoms with Gasteiger partial charge in [-0.15, -0.1) is 0 Å². The van der Waals surface area contributed by atoms with Crippen LogP contribution in [0.25, 0.3) is 0 Å². The third kappa shape index (κ3) is 3.07. The summed E-state index contributed by atoms with van der Waals surface area (Å²) in [5.74, 6) is -0.354. The molecule has 1 unspecified atom stereocenters. The zero-order chi connectivity index (χ0) is 10.7. The second kappa shape index (κ2) is 5.28. The largest absolute Gasteiger partial charge is 0.369 e. The Labute approximate surface area is 108 Å². The monoisotopic (exact) mass is 383 g/mol. The van der Waals surface area contributed by atoms with Gasteiger partial charge >= 0.3 is 0 Å². The van der Waals surface area contributed by atoms with Crippen molar-refractivity contribution in [2.75, 3.05) is 0 Å². The number of hydrogen-bond acceptors (Lipinski definition) is 1. The minimum Gasteiger partial charge on any atom is -0.369 e. The van der Waals surface area contributed by atoms with Crippen LogP contribution < -0.4 is 5.73 Å². The Morgan fingerprint density at radius 1 is 1.36 bits per heavy atom. The molecule has 0 heterocycles. The van der Waals surface area contributed by atoms with Crippen LogP contribution in [0.3, 0.4) is 0 Å². The zero-order valence-corrected chi connectivity index (χ0v) is 11.9. The molecule has 1 amide bonds. The van der Waals surface area contributed by atoms with Gasteiger partial charge in [0, 0.05) is 8.95 Å². The van der Waals surface area contributed by atoms with Gasteiger partial charge in [0.05, 0.1) is 4.83 Å². The maximum absolute atomic E-state index is 10.9. The van der Waals surface area contributed by atoms with Gasteiger partial charge in [-0.1, -0.05) is 53.9 Å². The molecule has 0 saturated carbocycles. The fourth-order valence-corrected chi connectivity index (χ4v) is 2.65. The molecule has 0 aliphatic heterocycles. The van der Waals surface area contributed by atoms with Crippen LogP contribution in [0.1, 0.15) is 5.56 Å². The third-order valence-corrected chi connectivity index (χ3v) is 4.01. The fraction of sp³-hybridized carbons (Fsp3) is 0.222. The first kappa shape index (κ1) is 12.2. The lowest BCUT2D eigenvalue weighted by Gasteiger charge is -2.09. The molecule has 5 heteroatoms. The van der Waals surface area contributed by atoms with Crippen molar-refractivity contribution in [3.05, 3.63) is 32.7 Å². The average molecular weight is 386 g/mol. The van der Waals surface area contributed by atoms with E-state index in [1.54, 1.807) is 0 Å². The first-order chi connectivity index (χ1) is 6.52. The molecule has 1 aromatic carbocycles. The van der Waals surface area contributed by atoms with E-state index in [9.17, 15) is 4.79 Å². The number of halogens is 3. The number of primary amides is 1. The van der Waals surface area contributed by atoms with Crippen molar-refractivity contribution >= 4 is 53.7 Å². The Bertz CT molecular complexity index is 334. The molecular weight excluding hydrogens is 378 g/mol. The van der Waals surface area contributed by atoms with Crippen LogP contribution in [0.15, 0.2) is 27.1 Å². The summed E-state index contributed by atoms with van der Waals surface area (Å²) in [5, 5.41) is 0. The predicted molar refractivity (Wildman–Crippen MR) is 67.5 cm³/mol. The SMILES string of the molecule is NC(=O)C(Br)Cc1c(Br)cccc1Br. The smallest absolute Gasteiger partial charge is 0.231 e. The molecule has 1 aromatic rings. The quantitative estimate of drug-likeness (QED) is 0.798. The van der Waals surface area contributed by atoms with E-state index in [4.69, 9.17) is 5.73 Å². The van der Waals surface area contributed by atoms with Crippen LogP contribution in [0.5, 0.6) is 0 Å². The van der Waals surface area contributed by atoms with Crippen molar-refractivity contribution < 1.29 is 4.79 Å². The molecule has 0 fully saturated rings. The van der Waals surface area contributed by atoms with E-state index in [-0.39, 0.29) is 10.7 Å². The summed E-state index contributed by atoms with van der Waals surface area (Å²) in [6, 6.07) is 5.78. The van der Waals surface area contributed by atoms with Gasteiger partial charge in [0.1, 0.15) is 0 Å². The summed E-state index contributed by atoms with van der Waals surface area (Å²) in [6.07, 6.45) is 0.567. The van der Waals surface area contributed by atoms with Crippen molar-refractivity contribution in [3.8, 4) is 0 Å². The maximum Gasteiger partial charge on any atom is 0.231 e. The van der Waals surface area contributed by atoms with E-state index < -0.39 is 0 Å². The fourth-order valence-electron chi connectivity index (χ4n) is 1.01. The highest BCUT2D eigenvalue weighted by Gasteiger charge is 2.15. The Morgan fingerprint density at radius 3 is 2.29 bits per heavy atom. The van der Waals surface area contributed by atoms with Gasteiger partial charge in [-0.25, -0.2) is 0 Å². The predicted octanol–water partition coefficient (Wildman–Crippen LogP) is 3.00. The van der Waals surface area contributed by atoms with E-state index >= 15 is 0 Å². The topological polar surface area (TPSA) is 43.1 Å². The number of benzene rings is 1. The second-order valence-corrected chi connectivity index (χ2v) is 5.59. The molecule has 0 saturated heterocycles. The standard InChI is InChI=1S/C9H8Br3NO/c10-6-2-1-3-7(11)5(6)4-8(12)9(13)14/h1-3,8H,4H2,(H2,13,14). The molecule has 0 radical (unpaired) electrons. The van der Waals surface area contributed by atoms with E-state index in [1.807, 2.05) is 18.2 Å². The van der Waals surface area contributed by atoms with Crippen LogP contribution in [-0.2, 0) is 11.2 Å². The van der Waals surface area contributed by atoms with Gasteiger partial charge in [-0.05, 0) is 24.1 Å². The van der Waals surface area contributed by atoms with Crippen LogP contribution in [0.4, 0.5) is 0 Å². The number of carbonyl (C=O) groups is 1. The van der Waals surface area contributed by atoms with E-state index in [2.05, 4.69) is 47.8 Å². The Hall–Kier alpha value is 0.130. The van der Waals surface area contributed by atoms with Gasteiger partial charge in [0.15, 0.2) is 0 Å². The average Bonchev–Trinajstić information content (AvgIpc) is 2.11. The van der Waals surface area contributed by atoms with Gasteiger partial charge in [-0.3, -0.25) is 4.79 Å². The summed E-state index contributed by atoms with van der Waals surface area (Å²) >= 11 is 10.1. The molecule has 1 atom stereocenters. The number of nitrogens with two attached hydrogens (primary N) is 1. The molecule has 76 valence electrons. The molecular formula is C9H8Br3NO. The van der Waals surface area contributed by atoms with Gasteiger partial charge in [0.2, 0.25) is 5.91 Å². The minimum atomic E-state index is -0.354. The molecule has 0 aliphatic carbocycles.